The van der Waals surface area contributed by atoms with Crippen LogP contribution in [0.5, 0.6) is 0 Å². The minimum atomic E-state index is -0.830. The lowest BCUT2D eigenvalue weighted by Gasteiger charge is -2.25. The van der Waals surface area contributed by atoms with Gasteiger partial charge in [0.15, 0.2) is 0 Å². The number of carboxylic acid groups (broad SMARTS) is 1. The first-order valence-electron chi connectivity index (χ1n) is 7.38. The van der Waals surface area contributed by atoms with Gasteiger partial charge in [-0.05, 0) is 18.1 Å². The van der Waals surface area contributed by atoms with E-state index in [9.17, 15) is 9.59 Å². The van der Waals surface area contributed by atoms with E-state index in [1.54, 1.807) is 16.8 Å². The number of carbonyl (C=O) groups excluding carboxylic acids is 1. The van der Waals surface area contributed by atoms with E-state index in [1.165, 1.54) is 0 Å². The third-order valence-electron chi connectivity index (χ3n) is 3.90. The number of unbranched alkanes of at least 4 members (excludes halogenated alkanes) is 1. The first-order valence-corrected chi connectivity index (χ1v) is 7.38. The molecule has 0 saturated heterocycles. The predicted octanol–water partition coefficient (Wildman–Crippen LogP) is 2.92. The maximum absolute atomic E-state index is 12.5. The number of hydrogen-bond donors (Lipinski definition) is 1. The molecule has 0 radical (unpaired) electrons. The number of carboxylic acids is 1. The SMILES string of the molecule is CCCCN(C)C(=O)N1CC(CC(=O)O)c2ccccc21. The molecule has 114 valence electrons. The molecular weight excluding hydrogens is 268 g/mol. The largest absolute Gasteiger partial charge is 0.481 e. The molecule has 2 amide bonds. The minimum absolute atomic E-state index is 0.0520. The van der Waals surface area contributed by atoms with Crippen molar-refractivity contribution in [2.75, 3.05) is 25.0 Å². The highest BCUT2D eigenvalue weighted by molar-refractivity contribution is 5.94. The fraction of sp³-hybridized carbons (Fsp3) is 0.500. The van der Waals surface area contributed by atoms with Crippen LogP contribution in [-0.4, -0.2) is 42.1 Å². The van der Waals surface area contributed by atoms with Crippen LogP contribution in [0.4, 0.5) is 10.5 Å². The van der Waals surface area contributed by atoms with Crippen LogP contribution in [0.3, 0.4) is 0 Å². The zero-order chi connectivity index (χ0) is 15.4. The number of carbonyl (C=O) groups is 2. The molecule has 1 aromatic rings. The van der Waals surface area contributed by atoms with E-state index in [1.807, 2.05) is 24.3 Å². The molecule has 0 saturated carbocycles. The van der Waals surface area contributed by atoms with E-state index < -0.39 is 5.97 Å². The van der Waals surface area contributed by atoms with Crippen LogP contribution < -0.4 is 4.90 Å². The highest BCUT2D eigenvalue weighted by atomic mass is 16.4. The lowest BCUT2D eigenvalue weighted by Crippen LogP contribution is -2.41. The van der Waals surface area contributed by atoms with Gasteiger partial charge in [-0.3, -0.25) is 9.69 Å². The summed E-state index contributed by atoms with van der Waals surface area (Å²) in [5, 5.41) is 9.04. The van der Waals surface area contributed by atoms with Gasteiger partial charge < -0.3 is 10.0 Å². The van der Waals surface area contributed by atoms with Crippen molar-refractivity contribution in [1.29, 1.82) is 0 Å². The summed E-state index contributed by atoms with van der Waals surface area (Å²) in [6.45, 7) is 3.25. The van der Waals surface area contributed by atoms with E-state index in [0.717, 1.165) is 30.6 Å². The van der Waals surface area contributed by atoms with Crippen molar-refractivity contribution in [3.8, 4) is 0 Å². The van der Waals surface area contributed by atoms with Crippen molar-refractivity contribution in [1.82, 2.24) is 4.90 Å². The zero-order valence-corrected chi connectivity index (χ0v) is 12.6. The molecule has 2 rings (SSSR count). The lowest BCUT2D eigenvalue weighted by atomic mass is 9.98. The number of amides is 2. The summed E-state index contributed by atoms with van der Waals surface area (Å²) in [6.07, 6.45) is 2.06. The molecule has 5 nitrogen and oxygen atoms in total. The van der Waals surface area contributed by atoms with Gasteiger partial charge in [0.2, 0.25) is 0 Å². The summed E-state index contributed by atoms with van der Waals surface area (Å²) in [5.41, 5.74) is 1.80. The van der Waals surface area contributed by atoms with E-state index in [0.29, 0.717) is 6.54 Å². The van der Waals surface area contributed by atoms with Crippen molar-refractivity contribution in [3.05, 3.63) is 29.8 Å². The topological polar surface area (TPSA) is 60.9 Å². The molecule has 0 spiro atoms. The number of anilines is 1. The summed E-state index contributed by atoms with van der Waals surface area (Å²) in [4.78, 5) is 27.0. The van der Waals surface area contributed by atoms with Gasteiger partial charge in [0.1, 0.15) is 0 Å². The average Bonchev–Trinajstić information content (AvgIpc) is 2.82. The van der Waals surface area contributed by atoms with Crippen LogP contribution in [0.1, 0.15) is 37.7 Å². The van der Waals surface area contributed by atoms with Gasteiger partial charge in [-0.2, -0.15) is 0 Å². The smallest absolute Gasteiger partial charge is 0.324 e. The first kappa shape index (κ1) is 15.4. The molecule has 1 heterocycles. The van der Waals surface area contributed by atoms with Crippen LogP contribution in [0.25, 0.3) is 0 Å². The number of urea groups is 1. The van der Waals surface area contributed by atoms with Gasteiger partial charge in [0.05, 0.1) is 6.42 Å². The zero-order valence-electron chi connectivity index (χ0n) is 12.6. The number of para-hydroxylation sites is 1. The summed E-state index contributed by atoms with van der Waals surface area (Å²) in [5.74, 6) is -0.953. The Balaban J connectivity index is 2.18. The average molecular weight is 290 g/mol. The normalized spacial score (nSPS) is 16.7. The Hall–Kier alpha value is -2.04. The quantitative estimate of drug-likeness (QED) is 0.907. The summed E-state index contributed by atoms with van der Waals surface area (Å²) in [6, 6.07) is 7.53. The van der Waals surface area contributed by atoms with E-state index >= 15 is 0 Å². The highest BCUT2D eigenvalue weighted by Gasteiger charge is 2.34. The Morgan fingerprint density at radius 3 is 2.76 bits per heavy atom. The van der Waals surface area contributed by atoms with Crippen molar-refractivity contribution >= 4 is 17.7 Å². The Morgan fingerprint density at radius 2 is 2.10 bits per heavy atom. The molecule has 1 unspecified atom stereocenters. The van der Waals surface area contributed by atoms with Crippen LogP contribution in [0.15, 0.2) is 24.3 Å². The monoisotopic (exact) mass is 290 g/mol. The van der Waals surface area contributed by atoms with Crippen molar-refractivity contribution in [3.63, 3.8) is 0 Å². The minimum Gasteiger partial charge on any atom is -0.481 e. The van der Waals surface area contributed by atoms with Gasteiger partial charge in [-0.1, -0.05) is 31.5 Å². The van der Waals surface area contributed by atoms with Gasteiger partial charge in [-0.25, -0.2) is 4.79 Å². The molecule has 0 aromatic heterocycles. The first-order chi connectivity index (χ1) is 10.0. The fourth-order valence-electron chi connectivity index (χ4n) is 2.76. The maximum atomic E-state index is 12.5. The third kappa shape index (κ3) is 3.35. The Labute approximate surface area is 125 Å². The van der Waals surface area contributed by atoms with Crippen LogP contribution in [0.2, 0.25) is 0 Å². The summed E-state index contributed by atoms with van der Waals surface area (Å²) in [7, 11) is 1.80. The Kier molecular flexibility index (Phi) is 4.83. The van der Waals surface area contributed by atoms with Gasteiger partial charge >= 0.3 is 12.0 Å². The van der Waals surface area contributed by atoms with E-state index in [2.05, 4.69) is 6.92 Å². The predicted molar refractivity (Wildman–Crippen MR) is 81.7 cm³/mol. The molecule has 0 fully saturated rings. The van der Waals surface area contributed by atoms with E-state index in [-0.39, 0.29) is 18.4 Å². The molecule has 1 aromatic carbocycles. The van der Waals surface area contributed by atoms with E-state index in [4.69, 9.17) is 5.11 Å². The van der Waals surface area contributed by atoms with Gasteiger partial charge in [0.25, 0.3) is 0 Å². The van der Waals surface area contributed by atoms with Crippen LogP contribution in [0, 0.1) is 0 Å². The van der Waals surface area contributed by atoms with Crippen molar-refractivity contribution in [2.45, 2.75) is 32.1 Å². The van der Waals surface area contributed by atoms with Gasteiger partial charge in [-0.15, -0.1) is 0 Å². The summed E-state index contributed by atoms with van der Waals surface area (Å²) < 4.78 is 0. The highest BCUT2D eigenvalue weighted by Crippen LogP contribution is 2.38. The fourth-order valence-corrected chi connectivity index (χ4v) is 2.76. The number of benzene rings is 1. The standard InChI is InChI=1S/C16H22N2O3/c1-3-4-9-17(2)16(21)18-11-12(10-15(19)20)13-7-5-6-8-14(13)18/h5-8,12H,3-4,9-11H2,1-2H3,(H,19,20). The van der Waals surface area contributed by atoms with Crippen LogP contribution >= 0.6 is 0 Å². The number of aliphatic carboxylic acids is 1. The molecule has 1 N–H and O–H groups in total. The molecule has 1 aliphatic heterocycles. The van der Waals surface area contributed by atoms with Crippen molar-refractivity contribution < 1.29 is 14.7 Å². The van der Waals surface area contributed by atoms with Gasteiger partial charge in [0, 0.05) is 31.7 Å². The molecule has 0 bridgehead atoms. The number of nitrogens with zero attached hydrogens (tertiary/aromatic N) is 2. The molecule has 21 heavy (non-hydrogen) atoms. The number of hydrogen-bond acceptors (Lipinski definition) is 2. The van der Waals surface area contributed by atoms with Crippen molar-refractivity contribution in [2.24, 2.45) is 0 Å². The third-order valence-corrected chi connectivity index (χ3v) is 3.90. The lowest BCUT2D eigenvalue weighted by molar-refractivity contribution is -0.137. The van der Waals surface area contributed by atoms with Crippen LogP contribution in [-0.2, 0) is 4.79 Å². The number of rotatable bonds is 5. The molecule has 1 aliphatic rings. The Bertz CT molecular complexity index is 530. The maximum Gasteiger partial charge on any atom is 0.324 e. The second-order valence-corrected chi connectivity index (χ2v) is 5.52. The molecule has 5 heteroatoms. The molecule has 0 aliphatic carbocycles. The second-order valence-electron chi connectivity index (χ2n) is 5.52. The molecular formula is C16H22N2O3. The summed E-state index contributed by atoms with van der Waals surface area (Å²) >= 11 is 0. The number of fused-ring (bicyclic) bond motifs is 1. The second kappa shape index (κ2) is 6.61. The molecule has 1 atom stereocenters. The Morgan fingerprint density at radius 1 is 1.38 bits per heavy atom.